The molecular weight excluding hydrogens is 274 g/mol. The Balaban J connectivity index is 2.75. The topological polar surface area (TPSA) is 54.9 Å². The van der Waals surface area contributed by atoms with Gasteiger partial charge in [-0.1, -0.05) is 12.1 Å². The zero-order valence-corrected chi connectivity index (χ0v) is 12.5. The van der Waals surface area contributed by atoms with Gasteiger partial charge < -0.3 is 14.8 Å². The van der Waals surface area contributed by atoms with Gasteiger partial charge in [0, 0.05) is 12.1 Å². The van der Waals surface area contributed by atoms with Crippen molar-refractivity contribution in [2.75, 3.05) is 20.3 Å². The number of hydrazone groups is 1. The summed E-state index contributed by atoms with van der Waals surface area (Å²) in [5.74, 6) is 1.33. The molecule has 0 aromatic heterocycles. The lowest BCUT2D eigenvalue weighted by Crippen LogP contribution is -2.31. The molecule has 0 amide bonds. The number of methoxy groups -OCH3 is 1. The van der Waals surface area contributed by atoms with Crippen molar-refractivity contribution in [3.05, 3.63) is 36.4 Å². The van der Waals surface area contributed by atoms with Crippen LogP contribution in [0.5, 0.6) is 11.5 Å². The normalized spacial score (nSPS) is 10.1. The number of hydrogen-bond acceptors (Lipinski definition) is 4. The van der Waals surface area contributed by atoms with E-state index in [1.54, 1.807) is 19.4 Å². The van der Waals surface area contributed by atoms with Gasteiger partial charge in [-0.2, -0.15) is 5.10 Å². The largest absolute Gasteiger partial charge is 0.493 e. The van der Waals surface area contributed by atoms with Gasteiger partial charge in [0.25, 0.3) is 0 Å². The molecule has 108 valence electrons. The monoisotopic (exact) mass is 293 g/mol. The SMILES string of the molecule is C=CCNC(=S)N/N=C/c1cccc(OC)c1OCC. The van der Waals surface area contributed by atoms with Crippen LogP contribution in [0.4, 0.5) is 0 Å². The van der Waals surface area contributed by atoms with Gasteiger partial charge in [-0.25, -0.2) is 0 Å². The molecule has 0 aliphatic heterocycles. The molecule has 0 bridgehead atoms. The number of rotatable bonds is 7. The summed E-state index contributed by atoms with van der Waals surface area (Å²) in [6.07, 6.45) is 3.35. The van der Waals surface area contributed by atoms with Crippen molar-refractivity contribution in [2.24, 2.45) is 5.10 Å². The van der Waals surface area contributed by atoms with E-state index in [2.05, 4.69) is 22.4 Å². The Morgan fingerprint density at radius 2 is 2.30 bits per heavy atom. The second-order valence-corrected chi connectivity index (χ2v) is 4.09. The van der Waals surface area contributed by atoms with Crippen molar-refractivity contribution in [1.82, 2.24) is 10.7 Å². The molecule has 6 heteroatoms. The summed E-state index contributed by atoms with van der Waals surface area (Å²) in [5.41, 5.74) is 3.53. The van der Waals surface area contributed by atoms with Crippen molar-refractivity contribution < 1.29 is 9.47 Å². The minimum Gasteiger partial charge on any atom is -0.493 e. The van der Waals surface area contributed by atoms with Gasteiger partial charge in [0.1, 0.15) is 0 Å². The fourth-order valence-electron chi connectivity index (χ4n) is 1.46. The Kier molecular flexibility index (Phi) is 7.13. The van der Waals surface area contributed by atoms with E-state index in [-0.39, 0.29) is 0 Å². The van der Waals surface area contributed by atoms with E-state index >= 15 is 0 Å². The summed E-state index contributed by atoms with van der Waals surface area (Å²) in [6, 6.07) is 5.60. The van der Waals surface area contributed by atoms with Crippen LogP contribution in [-0.4, -0.2) is 31.6 Å². The molecule has 5 nitrogen and oxygen atoms in total. The van der Waals surface area contributed by atoms with Gasteiger partial charge in [0.2, 0.25) is 0 Å². The molecule has 1 aromatic rings. The highest BCUT2D eigenvalue weighted by atomic mass is 32.1. The Hall–Kier alpha value is -2.08. The Labute approximate surface area is 124 Å². The average Bonchev–Trinajstić information content (AvgIpc) is 2.46. The van der Waals surface area contributed by atoms with Gasteiger partial charge in [-0.3, -0.25) is 5.43 Å². The molecule has 0 spiro atoms. The quantitative estimate of drug-likeness (QED) is 0.349. The zero-order valence-electron chi connectivity index (χ0n) is 11.7. The van der Waals surface area contributed by atoms with Crippen LogP contribution < -0.4 is 20.2 Å². The highest BCUT2D eigenvalue weighted by Crippen LogP contribution is 2.29. The maximum Gasteiger partial charge on any atom is 0.187 e. The predicted octanol–water partition coefficient (Wildman–Crippen LogP) is 2.08. The summed E-state index contributed by atoms with van der Waals surface area (Å²) in [4.78, 5) is 0. The van der Waals surface area contributed by atoms with Crippen LogP contribution in [0.2, 0.25) is 0 Å². The summed E-state index contributed by atoms with van der Waals surface area (Å²) in [5, 5.41) is 7.41. The van der Waals surface area contributed by atoms with Crippen LogP contribution in [0.25, 0.3) is 0 Å². The van der Waals surface area contributed by atoms with E-state index in [4.69, 9.17) is 21.7 Å². The van der Waals surface area contributed by atoms with Crippen LogP contribution in [-0.2, 0) is 0 Å². The van der Waals surface area contributed by atoms with Crippen molar-refractivity contribution in [3.8, 4) is 11.5 Å². The van der Waals surface area contributed by atoms with E-state index in [1.807, 2.05) is 25.1 Å². The molecule has 2 N–H and O–H groups in total. The van der Waals surface area contributed by atoms with Gasteiger partial charge >= 0.3 is 0 Å². The number of nitrogens with one attached hydrogen (secondary N) is 2. The van der Waals surface area contributed by atoms with Gasteiger partial charge in [-0.05, 0) is 31.3 Å². The first-order chi connectivity index (χ1) is 9.72. The number of nitrogens with zero attached hydrogens (tertiary/aromatic N) is 1. The first-order valence-electron chi connectivity index (χ1n) is 6.20. The first kappa shape index (κ1) is 16.0. The van der Waals surface area contributed by atoms with Gasteiger partial charge in [-0.15, -0.1) is 6.58 Å². The summed E-state index contributed by atoms with van der Waals surface area (Å²) in [6.45, 7) is 6.65. The number of ether oxygens (including phenoxy) is 2. The third-order valence-electron chi connectivity index (χ3n) is 2.29. The highest BCUT2D eigenvalue weighted by molar-refractivity contribution is 7.80. The smallest absolute Gasteiger partial charge is 0.187 e. The molecule has 0 fully saturated rings. The molecule has 0 unspecified atom stereocenters. The minimum atomic E-state index is 0.432. The van der Waals surface area contributed by atoms with Crippen LogP contribution in [0.15, 0.2) is 36.0 Å². The predicted molar refractivity (Wildman–Crippen MR) is 85.7 cm³/mol. The summed E-state index contributed by atoms with van der Waals surface area (Å²) >= 11 is 5.03. The van der Waals surface area contributed by atoms with Gasteiger partial charge in [0.05, 0.1) is 19.9 Å². The van der Waals surface area contributed by atoms with Crippen molar-refractivity contribution >= 4 is 23.5 Å². The number of para-hydroxylation sites is 1. The molecule has 0 heterocycles. The standard InChI is InChI=1S/C14H19N3O2S/c1-4-9-15-14(20)17-16-10-11-7-6-8-12(18-3)13(11)19-5-2/h4,6-8,10H,1,5,9H2,2-3H3,(H2,15,17,20)/b16-10+. The van der Waals surface area contributed by atoms with Crippen LogP contribution >= 0.6 is 12.2 Å². The Morgan fingerprint density at radius 1 is 1.50 bits per heavy atom. The lowest BCUT2D eigenvalue weighted by molar-refractivity contribution is 0.310. The summed E-state index contributed by atoms with van der Waals surface area (Å²) in [7, 11) is 1.60. The van der Waals surface area contributed by atoms with Crippen LogP contribution in [0.3, 0.4) is 0 Å². The average molecular weight is 293 g/mol. The Bertz CT molecular complexity index is 489. The molecule has 1 rings (SSSR count). The molecule has 0 saturated carbocycles. The van der Waals surface area contributed by atoms with E-state index in [1.165, 1.54) is 0 Å². The van der Waals surface area contributed by atoms with Gasteiger partial charge in [0.15, 0.2) is 16.6 Å². The third kappa shape index (κ3) is 4.89. The number of benzene rings is 1. The van der Waals surface area contributed by atoms with E-state index in [9.17, 15) is 0 Å². The summed E-state index contributed by atoms with van der Waals surface area (Å²) < 4.78 is 10.8. The van der Waals surface area contributed by atoms with E-state index in [0.29, 0.717) is 29.8 Å². The Morgan fingerprint density at radius 3 is 2.95 bits per heavy atom. The van der Waals surface area contributed by atoms with E-state index < -0.39 is 0 Å². The molecular formula is C14H19N3O2S. The molecule has 0 saturated heterocycles. The second kappa shape index (κ2) is 8.92. The molecule has 0 radical (unpaired) electrons. The van der Waals surface area contributed by atoms with Crippen molar-refractivity contribution in [3.63, 3.8) is 0 Å². The lowest BCUT2D eigenvalue weighted by atomic mass is 10.2. The molecule has 0 aliphatic carbocycles. The molecule has 1 aromatic carbocycles. The van der Waals surface area contributed by atoms with Crippen molar-refractivity contribution in [2.45, 2.75) is 6.92 Å². The highest BCUT2D eigenvalue weighted by Gasteiger charge is 2.08. The third-order valence-corrected chi connectivity index (χ3v) is 2.53. The van der Waals surface area contributed by atoms with Crippen LogP contribution in [0.1, 0.15) is 12.5 Å². The maximum absolute atomic E-state index is 5.58. The fraction of sp³-hybridized carbons (Fsp3) is 0.286. The zero-order chi connectivity index (χ0) is 14.8. The molecule has 0 aliphatic rings. The second-order valence-electron chi connectivity index (χ2n) is 3.68. The maximum atomic E-state index is 5.58. The fourth-order valence-corrected chi connectivity index (χ4v) is 1.59. The molecule has 0 atom stereocenters. The van der Waals surface area contributed by atoms with E-state index in [0.717, 1.165) is 5.56 Å². The number of hydrogen-bond donors (Lipinski definition) is 2. The molecule has 20 heavy (non-hydrogen) atoms. The lowest BCUT2D eigenvalue weighted by Gasteiger charge is -2.11. The van der Waals surface area contributed by atoms with Crippen molar-refractivity contribution in [1.29, 1.82) is 0 Å². The number of thiocarbonyl (C=S) groups is 1. The first-order valence-corrected chi connectivity index (χ1v) is 6.61. The van der Waals surface area contributed by atoms with Crippen LogP contribution in [0, 0.1) is 0 Å². The minimum absolute atomic E-state index is 0.432.